The minimum atomic E-state index is -0.0649. The lowest BCUT2D eigenvalue weighted by Crippen LogP contribution is -2.44. The van der Waals surface area contributed by atoms with Gasteiger partial charge in [-0.1, -0.05) is 6.07 Å². The van der Waals surface area contributed by atoms with Crippen LogP contribution in [0.5, 0.6) is 0 Å². The molecule has 16 heavy (non-hydrogen) atoms. The molecule has 0 unspecified atom stereocenters. The molecule has 0 aliphatic rings. The molecule has 0 aliphatic heterocycles. The summed E-state index contributed by atoms with van der Waals surface area (Å²) in [5, 5.41) is 7.58. The van der Waals surface area contributed by atoms with Gasteiger partial charge in [0.05, 0.1) is 11.9 Å². The van der Waals surface area contributed by atoms with Crippen LogP contribution in [0.1, 0.15) is 26.5 Å². The number of aromatic nitrogens is 1. The average molecular weight is 236 g/mol. The van der Waals surface area contributed by atoms with Crippen LogP contribution in [0.3, 0.4) is 0 Å². The van der Waals surface area contributed by atoms with Gasteiger partial charge < -0.3 is 5.32 Å². The van der Waals surface area contributed by atoms with E-state index in [1.807, 2.05) is 39.0 Å². The van der Waals surface area contributed by atoms with Crippen LogP contribution in [0.4, 0.5) is 0 Å². The van der Waals surface area contributed by atoms with Crippen molar-refractivity contribution in [2.75, 3.05) is 0 Å². The van der Waals surface area contributed by atoms with Crippen molar-refractivity contribution in [3.05, 3.63) is 30.1 Å². The summed E-state index contributed by atoms with van der Waals surface area (Å²) in [5.41, 5.74) is 3.46. The SMILES string of the molecule is CC(C)(C)NC(=S)N/N=C/c1ccccn1. The van der Waals surface area contributed by atoms with Crippen molar-refractivity contribution < 1.29 is 0 Å². The molecule has 0 radical (unpaired) electrons. The van der Waals surface area contributed by atoms with Gasteiger partial charge in [-0.05, 0) is 45.1 Å². The highest BCUT2D eigenvalue weighted by Crippen LogP contribution is 1.97. The van der Waals surface area contributed by atoms with Gasteiger partial charge in [0, 0.05) is 11.7 Å². The molecular formula is C11H16N4S. The van der Waals surface area contributed by atoms with E-state index in [2.05, 4.69) is 20.8 Å². The Morgan fingerprint density at radius 2 is 2.19 bits per heavy atom. The molecule has 0 amide bonds. The maximum atomic E-state index is 5.06. The Morgan fingerprint density at radius 3 is 2.75 bits per heavy atom. The maximum absolute atomic E-state index is 5.06. The third kappa shape index (κ3) is 5.41. The number of rotatable bonds is 2. The van der Waals surface area contributed by atoms with Crippen molar-refractivity contribution in [2.45, 2.75) is 26.3 Å². The number of thiocarbonyl (C=S) groups is 1. The molecule has 86 valence electrons. The van der Waals surface area contributed by atoms with Crippen LogP contribution in [-0.4, -0.2) is 21.8 Å². The Kier molecular flexibility index (Phi) is 4.37. The van der Waals surface area contributed by atoms with Gasteiger partial charge in [-0.2, -0.15) is 5.10 Å². The van der Waals surface area contributed by atoms with Gasteiger partial charge in [0.25, 0.3) is 0 Å². The van der Waals surface area contributed by atoms with E-state index < -0.39 is 0 Å². The minimum absolute atomic E-state index is 0.0649. The summed E-state index contributed by atoms with van der Waals surface area (Å²) in [7, 11) is 0. The molecule has 0 bridgehead atoms. The Balaban J connectivity index is 2.41. The van der Waals surface area contributed by atoms with E-state index in [0.29, 0.717) is 5.11 Å². The quantitative estimate of drug-likeness (QED) is 0.466. The second-order valence-electron chi connectivity index (χ2n) is 4.33. The molecule has 0 saturated heterocycles. The van der Waals surface area contributed by atoms with Gasteiger partial charge in [0.15, 0.2) is 5.11 Å². The lowest BCUT2D eigenvalue weighted by molar-refractivity contribution is 0.508. The zero-order valence-electron chi connectivity index (χ0n) is 9.69. The number of pyridine rings is 1. The smallest absolute Gasteiger partial charge is 0.187 e. The first-order valence-electron chi connectivity index (χ1n) is 5.00. The van der Waals surface area contributed by atoms with Crippen molar-refractivity contribution in [3.63, 3.8) is 0 Å². The van der Waals surface area contributed by atoms with Gasteiger partial charge >= 0.3 is 0 Å². The lowest BCUT2D eigenvalue weighted by atomic mass is 10.1. The summed E-state index contributed by atoms with van der Waals surface area (Å²) < 4.78 is 0. The van der Waals surface area contributed by atoms with Crippen LogP contribution in [0.15, 0.2) is 29.5 Å². The number of hydrogen-bond acceptors (Lipinski definition) is 3. The van der Waals surface area contributed by atoms with E-state index >= 15 is 0 Å². The van der Waals surface area contributed by atoms with Crippen LogP contribution in [-0.2, 0) is 0 Å². The van der Waals surface area contributed by atoms with E-state index in [-0.39, 0.29) is 5.54 Å². The predicted molar refractivity (Wildman–Crippen MR) is 70.5 cm³/mol. The fraction of sp³-hybridized carbons (Fsp3) is 0.364. The number of hydrazone groups is 1. The van der Waals surface area contributed by atoms with Gasteiger partial charge in [0.1, 0.15) is 0 Å². The molecule has 0 saturated carbocycles. The standard InChI is InChI=1S/C11H16N4S/c1-11(2,3)14-10(16)15-13-8-9-6-4-5-7-12-9/h4-8H,1-3H3,(H2,14,15,16)/b13-8+. The molecule has 0 aliphatic carbocycles. The first-order valence-corrected chi connectivity index (χ1v) is 5.40. The Labute approximate surface area is 101 Å². The van der Waals surface area contributed by atoms with E-state index in [1.165, 1.54) is 0 Å². The Hall–Kier alpha value is -1.49. The Morgan fingerprint density at radius 1 is 1.44 bits per heavy atom. The van der Waals surface area contributed by atoms with Crippen LogP contribution in [0.25, 0.3) is 0 Å². The molecule has 0 fully saturated rings. The van der Waals surface area contributed by atoms with Gasteiger partial charge in [0.2, 0.25) is 0 Å². The molecule has 0 aromatic carbocycles. The lowest BCUT2D eigenvalue weighted by Gasteiger charge is -2.21. The van der Waals surface area contributed by atoms with Gasteiger partial charge in [-0.25, -0.2) is 0 Å². The normalized spacial score (nSPS) is 11.4. The summed E-state index contributed by atoms with van der Waals surface area (Å²) in [4.78, 5) is 4.10. The zero-order chi connectivity index (χ0) is 12.0. The van der Waals surface area contributed by atoms with E-state index in [9.17, 15) is 0 Å². The summed E-state index contributed by atoms with van der Waals surface area (Å²) >= 11 is 5.06. The molecule has 1 rings (SSSR count). The van der Waals surface area contributed by atoms with Crippen molar-refractivity contribution in [1.29, 1.82) is 0 Å². The molecule has 1 aromatic heterocycles. The molecule has 4 nitrogen and oxygen atoms in total. The molecular weight excluding hydrogens is 220 g/mol. The van der Waals surface area contributed by atoms with Gasteiger partial charge in [-0.3, -0.25) is 10.4 Å². The maximum Gasteiger partial charge on any atom is 0.187 e. The second-order valence-corrected chi connectivity index (χ2v) is 4.74. The van der Waals surface area contributed by atoms with E-state index in [0.717, 1.165) is 5.69 Å². The number of nitrogens with zero attached hydrogens (tertiary/aromatic N) is 2. The average Bonchev–Trinajstić information content (AvgIpc) is 2.16. The third-order valence-electron chi connectivity index (χ3n) is 1.54. The zero-order valence-corrected chi connectivity index (χ0v) is 10.5. The van der Waals surface area contributed by atoms with Crippen LogP contribution in [0, 0.1) is 0 Å². The van der Waals surface area contributed by atoms with E-state index in [4.69, 9.17) is 12.2 Å². The summed E-state index contributed by atoms with van der Waals surface area (Å²) in [6.07, 6.45) is 3.34. The summed E-state index contributed by atoms with van der Waals surface area (Å²) in [6, 6.07) is 5.63. The number of nitrogens with one attached hydrogen (secondary N) is 2. The Bertz CT molecular complexity index is 367. The molecule has 1 heterocycles. The minimum Gasteiger partial charge on any atom is -0.357 e. The highest BCUT2D eigenvalue weighted by molar-refractivity contribution is 7.80. The predicted octanol–water partition coefficient (Wildman–Crippen LogP) is 1.68. The molecule has 0 atom stereocenters. The van der Waals surface area contributed by atoms with Crippen LogP contribution >= 0.6 is 12.2 Å². The second kappa shape index (κ2) is 5.55. The topological polar surface area (TPSA) is 49.3 Å². The molecule has 2 N–H and O–H groups in total. The molecule has 1 aromatic rings. The molecule has 5 heteroatoms. The summed E-state index contributed by atoms with van der Waals surface area (Å²) in [6.45, 7) is 6.09. The highest BCUT2D eigenvalue weighted by Gasteiger charge is 2.09. The first-order chi connectivity index (χ1) is 7.47. The van der Waals surface area contributed by atoms with Crippen molar-refractivity contribution in [3.8, 4) is 0 Å². The fourth-order valence-electron chi connectivity index (χ4n) is 0.978. The largest absolute Gasteiger partial charge is 0.357 e. The number of hydrogen-bond donors (Lipinski definition) is 2. The van der Waals surface area contributed by atoms with Crippen LogP contribution < -0.4 is 10.7 Å². The fourth-order valence-corrected chi connectivity index (χ4v) is 1.34. The van der Waals surface area contributed by atoms with Crippen molar-refractivity contribution >= 4 is 23.5 Å². The van der Waals surface area contributed by atoms with Crippen molar-refractivity contribution in [1.82, 2.24) is 15.7 Å². The van der Waals surface area contributed by atoms with Gasteiger partial charge in [-0.15, -0.1) is 0 Å². The van der Waals surface area contributed by atoms with Crippen LogP contribution in [0.2, 0.25) is 0 Å². The van der Waals surface area contributed by atoms with E-state index in [1.54, 1.807) is 12.4 Å². The first kappa shape index (κ1) is 12.6. The summed E-state index contributed by atoms with van der Waals surface area (Å²) in [5.74, 6) is 0. The third-order valence-corrected chi connectivity index (χ3v) is 1.73. The molecule has 0 spiro atoms. The monoisotopic (exact) mass is 236 g/mol. The highest BCUT2D eigenvalue weighted by atomic mass is 32.1. The van der Waals surface area contributed by atoms with Crippen molar-refractivity contribution in [2.24, 2.45) is 5.10 Å².